The molecule has 0 unspecified atom stereocenters. The minimum absolute atomic E-state index is 0.0989. The van der Waals surface area contributed by atoms with Crippen molar-refractivity contribution in [3.8, 4) is 0 Å². The molecule has 0 spiro atoms. The Hall–Kier alpha value is -2.62. The van der Waals surface area contributed by atoms with E-state index in [-0.39, 0.29) is 18.2 Å². The molecule has 24 heavy (non-hydrogen) atoms. The number of imide groups is 1. The molecule has 0 aromatic heterocycles. The van der Waals surface area contributed by atoms with Gasteiger partial charge in [-0.25, -0.2) is 0 Å². The number of hydrogen-bond acceptors (Lipinski definition) is 3. The van der Waals surface area contributed by atoms with Gasteiger partial charge in [-0.3, -0.25) is 14.5 Å². The summed E-state index contributed by atoms with van der Waals surface area (Å²) in [5.41, 5.74) is 4.30. The first-order valence-corrected chi connectivity index (χ1v) is 8.26. The number of rotatable bonds is 5. The van der Waals surface area contributed by atoms with Crippen molar-refractivity contribution in [2.75, 3.05) is 11.9 Å². The van der Waals surface area contributed by atoms with Crippen LogP contribution in [-0.4, -0.2) is 29.3 Å². The summed E-state index contributed by atoms with van der Waals surface area (Å²) in [5.74, 6) is -0.228. The Morgan fingerprint density at radius 3 is 2.54 bits per heavy atom. The lowest BCUT2D eigenvalue weighted by molar-refractivity contribution is -0.138. The molecule has 1 N–H and O–H groups in total. The molecule has 2 aromatic rings. The Kier molecular flexibility index (Phi) is 4.65. The fraction of sp³-hybridized carbons (Fsp3) is 0.300. The van der Waals surface area contributed by atoms with E-state index in [0.717, 1.165) is 16.8 Å². The molecule has 1 atom stereocenters. The summed E-state index contributed by atoms with van der Waals surface area (Å²) in [6.07, 6.45) is 0.912. The molecule has 1 aliphatic heterocycles. The Bertz CT molecular complexity index is 755. The normalized spacial score (nSPS) is 17.4. The molecule has 1 fully saturated rings. The minimum Gasteiger partial charge on any atom is -0.373 e. The van der Waals surface area contributed by atoms with Gasteiger partial charge in [0.05, 0.1) is 6.42 Å². The minimum atomic E-state index is -0.463. The maximum absolute atomic E-state index is 12.6. The molecule has 0 saturated carbocycles. The molecule has 1 aliphatic rings. The molecular weight excluding hydrogens is 300 g/mol. The molecule has 4 nitrogen and oxygen atoms in total. The number of aryl methyl sites for hydroxylation is 2. The van der Waals surface area contributed by atoms with Crippen LogP contribution < -0.4 is 5.32 Å². The number of amides is 2. The second kappa shape index (κ2) is 6.87. The van der Waals surface area contributed by atoms with Gasteiger partial charge in [-0.1, -0.05) is 48.0 Å². The van der Waals surface area contributed by atoms with Crippen LogP contribution in [0.4, 0.5) is 5.69 Å². The molecule has 1 saturated heterocycles. The van der Waals surface area contributed by atoms with Gasteiger partial charge in [-0.05, 0) is 37.5 Å². The Morgan fingerprint density at radius 2 is 1.83 bits per heavy atom. The van der Waals surface area contributed by atoms with Crippen LogP contribution in [0.15, 0.2) is 48.5 Å². The van der Waals surface area contributed by atoms with Crippen LogP contribution in [-0.2, 0) is 16.0 Å². The Labute approximate surface area is 142 Å². The highest BCUT2D eigenvalue weighted by atomic mass is 16.2. The van der Waals surface area contributed by atoms with Crippen molar-refractivity contribution in [1.82, 2.24) is 4.90 Å². The maximum Gasteiger partial charge on any atom is 0.252 e. The quantitative estimate of drug-likeness (QED) is 0.861. The lowest BCUT2D eigenvalue weighted by Gasteiger charge is -2.17. The van der Waals surface area contributed by atoms with E-state index >= 15 is 0 Å². The first kappa shape index (κ1) is 16.2. The van der Waals surface area contributed by atoms with Gasteiger partial charge in [0, 0.05) is 12.2 Å². The Balaban J connectivity index is 1.65. The van der Waals surface area contributed by atoms with Crippen LogP contribution in [0, 0.1) is 13.8 Å². The number of carbonyl (C=O) groups excluding carboxylic acids is 2. The number of anilines is 1. The third-order valence-corrected chi connectivity index (χ3v) is 4.42. The largest absolute Gasteiger partial charge is 0.373 e. The van der Waals surface area contributed by atoms with Crippen molar-refractivity contribution in [1.29, 1.82) is 0 Å². The molecule has 3 rings (SSSR count). The van der Waals surface area contributed by atoms with Gasteiger partial charge >= 0.3 is 0 Å². The average molecular weight is 322 g/mol. The molecule has 124 valence electrons. The highest BCUT2D eigenvalue weighted by Gasteiger charge is 2.38. The molecule has 2 amide bonds. The summed E-state index contributed by atoms with van der Waals surface area (Å²) in [4.78, 5) is 26.2. The number of hydrogen-bond donors (Lipinski definition) is 1. The summed E-state index contributed by atoms with van der Waals surface area (Å²) < 4.78 is 0. The SMILES string of the molecule is Cc1ccc(N[C@H]2CC(=O)N(CCc3ccccc3)C2=O)c(C)c1. The van der Waals surface area contributed by atoms with Crippen LogP contribution >= 0.6 is 0 Å². The predicted octanol–water partition coefficient (Wildman–Crippen LogP) is 3.09. The summed E-state index contributed by atoms with van der Waals surface area (Å²) in [5, 5.41) is 3.23. The van der Waals surface area contributed by atoms with Gasteiger partial charge in [-0.2, -0.15) is 0 Å². The smallest absolute Gasteiger partial charge is 0.252 e. The van der Waals surface area contributed by atoms with Crippen molar-refractivity contribution in [3.63, 3.8) is 0 Å². The molecule has 2 aromatic carbocycles. The van der Waals surface area contributed by atoms with E-state index < -0.39 is 6.04 Å². The zero-order chi connectivity index (χ0) is 17.1. The number of likely N-dealkylation sites (tertiary alicyclic amines) is 1. The van der Waals surface area contributed by atoms with Gasteiger partial charge in [-0.15, -0.1) is 0 Å². The van der Waals surface area contributed by atoms with E-state index in [1.54, 1.807) is 0 Å². The zero-order valence-electron chi connectivity index (χ0n) is 14.1. The van der Waals surface area contributed by atoms with E-state index in [4.69, 9.17) is 0 Å². The summed E-state index contributed by atoms with van der Waals surface area (Å²) >= 11 is 0. The van der Waals surface area contributed by atoms with Crippen LogP contribution in [0.2, 0.25) is 0 Å². The lowest BCUT2D eigenvalue weighted by Crippen LogP contribution is -2.36. The topological polar surface area (TPSA) is 49.4 Å². The molecule has 0 aliphatic carbocycles. The fourth-order valence-corrected chi connectivity index (χ4v) is 3.08. The van der Waals surface area contributed by atoms with Crippen LogP contribution in [0.25, 0.3) is 0 Å². The summed E-state index contributed by atoms with van der Waals surface area (Å²) in [6, 6.07) is 15.5. The first-order chi connectivity index (χ1) is 11.5. The molecule has 4 heteroatoms. The second-order valence-corrected chi connectivity index (χ2v) is 6.34. The third kappa shape index (κ3) is 3.48. The van der Waals surface area contributed by atoms with Crippen molar-refractivity contribution < 1.29 is 9.59 Å². The molecule has 0 bridgehead atoms. The zero-order valence-corrected chi connectivity index (χ0v) is 14.1. The van der Waals surface area contributed by atoms with Gasteiger partial charge in [0.1, 0.15) is 6.04 Å². The number of benzene rings is 2. The summed E-state index contributed by atoms with van der Waals surface area (Å²) in [7, 11) is 0. The maximum atomic E-state index is 12.6. The molecular formula is C20H22N2O2. The fourth-order valence-electron chi connectivity index (χ4n) is 3.08. The van der Waals surface area contributed by atoms with E-state index in [2.05, 4.69) is 11.4 Å². The van der Waals surface area contributed by atoms with E-state index in [9.17, 15) is 9.59 Å². The molecule has 0 radical (unpaired) electrons. The van der Waals surface area contributed by atoms with Gasteiger partial charge < -0.3 is 5.32 Å². The number of nitrogens with zero attached hydrogens (tertiary/aromatic N) is 1. The third-order valence-electron chi connectivity index (χ3n) is 4.42. The van der Waals surface area contributed by atoms with Gasteiger partial charge in [0.25, 0.3) is 5.91 Å². The molecule has 1 heterocycles. The average Bonchev–Trinajstić information content (AvgIpc) is 2.83. The van der Waals surface area contributed by atoms with Crippen molar-refractivity contribution in [3.05, 3.63) is 65.2 Å². The van der Waals surface area contributed by atoms with E-state index in [1.807, 2.05) is 56.3 Å². The van der Waals surface area contributed by atoms with E-state index in [0.29, 0.717) is 13.0 Å². The standard InChI is InChI=1S/C20H22N2O2/c1-14-8-9-17(15(2)12-14)21-18-13-19(23)22(20(18)24)11-10-16-6-4-3-5-7-16/h3-9,12,18,21H,10-11,13H2,1-2H3/t18-/m0/s1. The van der Waals surface area contributed by atoms with Crippen molar-refractivity contribution in [2.24, 2.45) is 0 Å². The van der Waals surface area contributed by atoms with Crippen molar-refractivity contribution in [2.45, 2.75) is 32.7 Å². The van der Waals surface area contributed by atoms with Crippen LogP contribution in [0.1, 0.15) is 23.1 Å². The van der Waals surface area contributed by atoms with Gasteiger partial charge in [0.15, 0.2) is 0 Å². The van der Waals surface area contributed by atoms with E-state index in [1.165, 1.54) is 10.5 Å². The van der Waals surface area contributed by atoms with Crippen LogP contribution in [0.3, 0.4) is 0 Å². The second-order valence-electron chi connectivity index (χ2n) is 6.34. The number of carbonyl (C=O) groups is 2. The highest BCUT2D eigenvalue weighted by molar-refractivity contribution is 6.06. The number of nitrogens with one attached hydrogen (secondary N) is 1. The van der Waals surface area contributed by atoms with Crippen LogP contribution in [0.5, 0.6) is 0 Å². The first-order valence-electron chi connectivity index (χ1n) is 8.26. The monoisotopic (exact) mass is 322 g/mol. The highest BCUT2D eigenvalue weighted by Crippen LogP contribution is 2.22. The Morgan fingerprint density at radius 1 is 1.08 bits per heavy atom. The predicted molar refractivity (Wildman–Crippen MR) is 94.8 cm³/mol. The van der Waals surface area contributed by atoms with Gasteiger partial charge in [0.2, 0.25) is 5.91 Å². The lowest BCUT2D eigenvalue weighted by atomic mass is 10.1. The van der Waals surface area contributed by atoms with Crippen molar-refractivity contribution >= 4 is 17.5 Å². The summed E-state index contributed by atoms with van der Waals surface area (Å²) in [6.45, 7) is 4.48.